The maximum atomic E-state index is 13.8. The number of aromatic carboxylic acids is 1. The molecule has 3 rings (SSSR count). The summed E-state index contributed by atoms with van der Waals surface area (Å²) >= 11 is 0. The lowest BCUT2D eigenvalue weighted by Crippen LogP contribution is -2.26. The highest BCUT2D eigenvalue weighted by atomic mass is 19.1. The SMILES string of the molecule is COC1CC(C)n2cc(C(=O)O)c(=O)c3cc(F)cc1c32. The molecular formula is C15H14FNO4. The molecule has 2 atom stereocenters. The van der Waals surface area contributed by atoms with Crippen LogP contribution in [0.25, 0.3) is 10.9 Å². The van der Waals surface area contributed by atoms with E-state index in [1.54, 1.807) is 4.57 Å². The average Bonchev–Trinajstić information content (AvgIpc) is 2.43. The predicted molar refractivity (Wildman–Crippen MR) is 74.2 cm³/mol. The number of carbonyl (C=O) groups is 1. The summed E-state index contributed by atoms with van der Waals surface area (Å²) in [6.07, 6.45) is 1.61. The first kappa shape index (κ1) is 13.8. The largest absolute Gasteiger partial charge is 0.477 e. The van der Waals surface area contributed by atoms with Crippen molar-refractivity contribution in [1.82, 2.24) is 4.57 Å². The van der Waals surface area contributed by atoms with E-state index >= 15 is 0 Å². The topological polar surface area (TPSA) is 68.5 Å². The number of carboxylic acid groups (broad SMARTS) is 1. The van der Waals surface area contributed by atoms with Crippen LogP contribution >= 0.6 is 0 Å². The van der Waals surface area contributed by atoms with Gasteiger partial charge in [-0.05, 0) is 25.5 Å². The molecule has 0 spiro atoms. The highest BCUT2D eigenvalue weighted by Gasteiger charge is 2.29. The Kier molecular flexibility index (Phi) is 3.06. The highest BCUT2D eigenvalue weighted by Crippen LogP contribution is 2.38. The molecule has 0 aliphatic carbocycles. The van der Waals surface area contributed by atoms with Crippen molar-refractivity contribution in [3.8, 4) is 0 Å². The Morgan fingerprint density at radius 2 is 2.19 bits per heavy atom. The summed E-state index contributed by atoms with van der Waals surface area (Å²) in [7, 11) is 1.54. The number of benzene rings is 1. The Morgan fingerprint density at radius 1 is 1.48 bits per heavy atom. The van der Waals surface area contributed by atoms with E-state index in [0.717, 1.165) is 6.07 Å². The monoisotopic (exact) mass is 291 g/mol. The normalized spacial score (nSPS) is 20.7. The van der Waals surface area contributed by atoms with Crippen LogP contribution in [0.5, 0.6) is 0 Å². The van der Waals surface area contributed by atoms with Gasteiger partial charge in [0, 0.05) is 30.3 Å². The smallest absolute Gasteiger partial charge is 0.341 e. The number of methoxy groups -OCH3 is 1. The van der Waals surface area contributed by atoms with Crippen LogP contribution in [0.15, 0.2) is 23.1 Å². The maximum absolute atomic E-state index is 13.8. The van der Waals surface area contributed by atoms with Crippen LogP contribution in [-0.4, -0.2) is 22.8 Å². The van der Waals surface area contributed by atoms with E-state index in [0.29, 0.717) is 17.5 Å². The van der Waals surface area contributed by atoms with Crippen molar-refractivity contribution in [3.63, 3.8) is 0 Å². The number of carboxylic acids is 1. The number of ether oxygens (including phenoxy) is 1. The number of pyridine rings is 1. The van der Waals surface area contributed by atoms with Crippen LogP contribution in [-0.2, 0) is 4.74 Å². The van der Waals surface area contributed by atoms with Gasteiger partial charge < -0.3 is 14.4 Å². The van der Waals surface area contributed by atoms with Crippen molar-refractivity contribution < 1.29 is 19.0 Å². The van der Waals surface area contributed by atoms with Crippen LogP contribution in [0, 0.1) is 5.82 Å². The molecule has 0 bridgehead atoms. The molecule has 0 saturated heterocycles. The summed E-state index contributed by atoms with van der Waals surface area (Å²) in [5.74, 6) is -1.88. The van der Waals surface area contributed by atoms with Crippen molar-refractivity contribution in [2.24, 2.45) is 0 Å². The highest BCUT2D eigenvalue weighted by molar-refractivity contribution is 5.93. The third kappa shape index (κ3) is 1.94. The third-order valence-electron chi connectivity index (χ3n) is 4.01. The lowest BCUT2D eigenvalue weighted by atomic mass is 9.93. The zero-order chi connectivity index (χ0) is 15.3. The van der Waals surface area contributed by atoms with E-state index in [1.807, 2.05) is 6.92 Å². The lowest BCUT2D eigenvalue weighted by molar-refractivity contribution is 0.0692. The maximum Gasteiger partial charge on any atom is 0.341 e. The van der Waals surface area contributed by atoms with Gasteiger partial charge in [0.2, 0.25) is 5.43 Å². The second-order valence-electron chi connectivity index (χ2n) is 5.28. The molecule has 2 heterocycles. The van der Waals surface area contributed by atoms with Gasteiger partial charge in [0.25, 0.3) is 0 Å². The van der Waals surface area contributed by atoms with Crippen molar-refractivity contribution in [2.75, 3.05) is 7.11 Å². The van der Waals surface area contributed by atoms with E-state index < -0.39 is 17.2 Å². The Labute approximate surface area is 119 Å². The second-order valence-corrected chi connectivity index (χ2v) is 5.28. The first-order valence-electron chi connectivity index (χ1n) is 6.58. The molecule has 2 aromatic rings. The van der Waals surface area contributed by atoms with Gasteiger partial charge in [0.1, 0.15) is 11.4 Å². The van der Waals surface area contributed by atoms with Gasteiger partial charge in [-0.25, -0.2) is 9.18 Å². The number of aromatic nitrogens is 1. The summed E-state index contributed by atoms with van der Waals surface area (Å²) in [6.45, 7) is 1.91. The Bertz CT molecular complexity index is 811. The molecule has 5 nitrogen and oxygen atoms in total. The molecule has 1 aromatic carbocycles. The van der Waals surface area contributed by atoms with E-state index in [9.17, 15) is 14.0 Å². The zero-order valence-electron chi connectivity index (χ0n) is 11.6. The fraction of sp³-hybridized carbons (Fsp3) is 0.333. The molecule has 0 amide bonds. The molecule has 21 heavy (non-hydrogen) atoms. The van der Waals surface area contributed by atoms with Crippen molar-refractivity contribution in [1.29, 1.82) is 0 Å². The molecular weight excluding hydrogens is 277 g/mol. The van der Waals surface area contributed by atoms with Crippen LogP contribution in [0.2, 0.25) is 0 Å². The molecule has 110 valence electrons. The minimum atomic E-state index is -1.31. The van der Waals surface area contributed by atoms with Crippen LogP contribution in [0.3, 0.4) is 0 Å². The van der Waals surface area contributed by atoms with Gasteiger partial charge in [-0.2, -0.15) is 0 Å². The predicted octanol–water partition coefficient (Wildman–Crippen LogP) is 2.49. The van der Waals surface area contributed by atoms with E-state index in [1.165, 1.54) is 19.4 Å². The minimum Gasteiger partial charge on any atom is -0.477 e. The summed E-state index contributed by atoms with van der Waals surface area (Å²) in [5.41, 5.74) is 0.122. The molecule has 1 N–H and O–H groups in total. The van der Waals surface area contributed by atoms with Crippen molar-refractivity contribution in [2.45, 2.75) is 25.5 Å². The van der Waals surface area contributed by atoms with Gasteiger partial charge in [0.15, 0.2) is 0 Å². The van der Waals surface area contributed by atoms with Gasteiger partial charge in [-0.1, -0.05) is 0 Å². The molecule has 6 heteroatoms. The second kappa shape index (κ2) is 4.66. The summed E-state index contributed by atoms with van der Waals surface area (Å²) in [4.78, 5) is 23.5. The summed E-state index contributed by atoms with van der Waals surface area (Å²) in [5, 5.41) is 9.24. The third-order valence-corrected chi connectivity index (χ3v) is 4.01. The molecule has 0 saturated carbocycles. The number of nitrogens with zero attached hydrogens (tertiary/aromatic N) is 1. The van der Waals surface area contributed by atoms with Gasteiger partial charge in [-0.3, -0.25) is 4.79 Å². The molecule has 2 unspecified atom stereocenters. The fourth-order valence-corrected chi connectivity index (χ4v) is 3.01. The number of rotatable bonds is 2. The van der Waals surface area contributed by atoms with E-state index in [4.69, 9.17) is 9.84 Å². The average molecular weight is 291 g/mol. The quantitative estimate of drug-likeness (QED) is 0.923. The van der Waals surface area contributed by atoms with Gasteiger partial charge in [0.05, 0.1) is 11.6 Å². The molecule has 0 radical (unpaired) electrons. The number of hydrogen-bond donors (Lipinski definition) is 1. The Balaban J connectivity index is 2.50. The van der Waals surface area contributed by atoms with Crippen molar-refractivity contribution >= 4 is 16.9 Å². The molecule has 0 fully saturated rings. The Hall–Kier alpha value is -2.21. The first-order chi connectivity index (χ1) is 9.93. The standard InChI is InChI=1S/C15H14FNO4/c1-7-3-12(21-2)9-4-8(16)5-10-13(9)17(7)6-11(14(10)18)15(19)20/h4-7,12H,3H2,1-2H3,(H,19,20). The molecule has 1 aromatic heterocycles. The molecule has 1 aliphatic rings. The van der Waals surface area contributed by atoms with Gasteiger partial charge >= 0.3 is 5.97 Å². The molecule has 1 aliphatic heterocycles. The lowest BCUT2D eigenvalue weighted by Gasteiger charge is -2.31. The fourth-order valence-electron chi connectivity index (χ4n) is 3.01. The minimum absolute atomic E-state index is 0.0471. The van der Waals surface area contributed by atoms with Crippen LogP contribution in [0.1, 0.15) is 41.4 Å². The number of hydrogen-bond acceptors (Lipinski definition) is 3. The Morgan fingerprint density at radius 3 is 2.81 bits per heavy atom. The zero-order valence-corrected chi connectivity index (χ0v) is 11.6. The van der Waals surface area contributed by atoms with E-state index in [2.05, 4.69) is 0 Å². The first-order valence-corrected chi connectivity index (χ1v) is 6.58. The van der Waals surface area contributed by atoms with E-state index in [-0.39, 0.29) is 23.1 Å². The van der Waals surface area contributed by atoms with Gasteiger partial charge in [-0.15, -0.1) is 0 Å². The summed E-state index contributed by atoms with van der Waals surface area (Å²) in [6, 6.07) is 2.39. The summed E-state index contributed by atoms with van der Waals surface area (Å²) < 4.78 is 20.9. The van der Waals surface area contributed by atoms with Crippen LogP contribution < -0.4 is 5.43 Å². The van der Waals surface area contributed by atoms with Crippen molar-refractivity contribution in [3.05, 3.63) is 45.5 Å². The van der Waals surface area contributed by atoms with Crippen LogP contribution in [0.4, 0.5) is 4.39 Å². The number of halogens is 1.